The molecule has 2 fully saturated rings. The maximum Gasteiger partial charge on any atom is 0.316 e. The van der Waals surface area contributed by atoms with E-state index in [9.17, 15) is 9.59 Å². The van der Waals surface area contributed by atoms with Gasteiger partial charge in [0.05, 0.1) is 10.8 Å². The second-order valence-corrected chi connectivity index (χ2v) is 5.86. The van der Waals surface area contributed by atoms with Gasteiger partial charge in [-0.2, -0.15) is 0 Å². The summed E-state index contributed by atoms with van der Waals surface area (Å²) < 4.78 is 5.61. The number of hydrogen-bond donors (Lipinski definition) is 1. The van der Waals surface area contributed by atoms with Gasteiger partial charge in [-0.25, -0.2) is 0 Å². The molecule has 2 saturated carbocycles. The summed E-state index contributed by atoms with van der Waals surface area (Å²) in [6.45, 7) is 0. The standard InChI is InChI=1S/C12H17IO4/c13-6-12(16)17-10(5-11(14)15)9-4-7-1-2-8(9)3-7/h7-10H,1-6H2,(H,14,15). The van der Waals surface area contributed by atoms with Crippen LogP contribution in [0.5, 0.6) is 0 Å². The highest BCUT2D eigenvalue weighted by Gasteiger charge is 2.44. The molecule has 0 heterocycles. The molecule has 0 aromatic carbocycles. The minimum absolute atomic E-state index is 0.0454. The molecule has 2 aliphatic carbocycles. The molecule has 2 aliphatic rings. The van der Waals surface area contributed by atoms with Crippen LogP contribution in [0.25, 0.3) is 0 Å². The van der Waals surface area contributed by atoms with Crippen LogP contribution in [0.3, 0.4) is 0 Å². The van der Waals surface area contributed by atoms with Crippen LogP contribution in [0.4, 0.5) is 0 Å². The Bertz CT molecular complexity index is 318. The molecule has 4 unspecified atom stereocenters. The van der Waals surface area contributed by atoms with E-state index in [-0.39, 0.29) is 22.7 Å². The van der Waals surface area contributed by atoms with Crippen LogP contribution in [0, 0.1) is 17.8 Å². The SMILES string of the molecule is O=C(O)CC(OC(=O)CI)C1CC2CCC1C2. The molecule has 17 heavy (non-hydrogen) atoms. The Morgan fingerprint density at radius 2 is 2.12 bits per heavy atom. The summed E-state index contributed by atoms with van der Waals surface area (Å²) in [6, 6.07) is 0. The van der Waals surface area contributed by atoms with Crippen LogP contribution in [0.1, 0.15) is 32.1 Å². The number of fused-ring (bicyclic) bond motifs is 2. The number of aliphatic carboxylic acids is 1. The van der Waals surface area contributed by atoms with E-state index in [1.54, 1.807) is 0 Å². The first-order chi connectivity index (χ1) is 8.10. The zero-order valence-electron chi connectivity index (χ0n) is 9.60. The maximum absolute atomic E-state index is 11.3. The van der Waals surface area contributed by atoms with Crippen molar-refractivity contribution >= 4 is 34.5 Å². The Morgan fingerprint density at radius 3 is 2.59 bits per heavy atom. The van der Waals surface area contributed by atoms with Gasteiger partial charge in [-0.15, -0.1) is 0 Å². The zero-order valence-corrected chi connectivity index (χ0v) is 11.8. The largest absolute Gasteiger partial charge is 0.481 e. The lowest BCUT2D eigenvalue weighted by Gasteiger charge is -2.29. The smallest absolute Gasteiger partial charge is 0.316 e. The summed E-state index contributed by atoms with van der Waals surface area (Å²) in [4.78, 5) is 22.2. The van der Waals surface area contributed by atoms with Crippen LogP contribution in [-0.4, -0.2) is 27.6 Å². The van der Waals surface area contributed by atoms with E-state index in [0.717, 1.165) is 12.3 Å². The van der Waals surface area contributed by atoms with Gasteiger partial charge >= 0.3 is 11.9 Å². The molecule has 1 N–H and O–H groups in total. The third kappa shape index (κ3) is 3.11. The van der Waals surface area contributed by atoms with Gasteiger partial charge in [0.2, 0.25) is 0 Å². The summed E-state index contributed by atoms with van der Waals surface area (Å²) in [5, 5.41) is 8.91. The lowest BCUT2D eigenvalue weighted by Crippen LogP contribution is -2.33. The summed E-state index contributed by atoms with van der Waals surface area (Å²) in [5.41, 5.74) is 0. The molecule has 2 bridgehead atoms. The van der Waals surface area contributed by atoms with Crippen LogP contribution < -0.4 is 0 Å². The molecular weight excluding hydrogens is 335 g/mol. The van der Waals surface area contributed by atoms with E-state index < -0.39 is 12.1 Å². The summed E-state index contributed by atoms with van der Waals surface area (Å²) in [7, 11) is 0. The summed E-state index contributed by atoms with van der Waals surface area (Å²) in [5.74, 6) is 0.418. The fourth-order valence-electron chi connectivity index (χ4n) is 3.40. The van der Waals surface area contributed by atoms with Crippen molar-refractivity contribution in [3.05, 3.63) is 0 Å². The third-order valence-electron chi connectivity index (χ3n) is 4.04. The molecule has 0 amide bonds. The van der Waals surface area contributed by atoms with Gasteiger partial charge in [-0.3, -0.25) is 9.59 Å². The first-order valence-corrected chi connectivity index (χ1v) is 7.60. The molecule has 0 aromatic heterocycles. The Labute approximate surface area is 114 Å². The van der Waals surface area contributed by atoms with Crippen molar-refractivity contribution in [3.63, 3.8) is 0 Å². The van der Waals surface area contributed by atoms with Crippen molar-refractivity contribution in [2.75, 3.05) is 4.43 Å². The topological polar surface area (TPSA) is 63.6 Å². The summed E-state index contributed by atoms with van der Waals surface area (Å²) in [6.07, 6.45) is 4.22. The van der Waals surface area contributed by atoms with Crippen LogP contribution in [-0.2, 0) is 14.3 Å². The van der Waals surface area contributed by atoms with E-state index in [1.807, 2.05) is 22.6 Å². The van der Waals surface area contributed by atoms with Gasteiger partial charge in [0.25, 0.3) is 0 Å². The second-order valence-electron chi connectivity index (χ2n) is 5.10. The van der Waals surface area contributed by atoms with Gasteiger partial charge < -0.3 is 9.84 Å². The first-order valence-electron chi connectivity index (χ1n) is 6.07. The van der Waals surface area contributed by atoms with E-state index in [0.29, 0.717) is 5.92 Å². The molecule has 0 aliphatic heterocycles. The normalized spacial score (nSPS) is 32.4. The van der Waals surface area contributed by atoms with Crippen molar-refractivity contribution < 1.29 is 19.4 Å². The zero-order chi connectivity index (χ0) is 12.4. The van der Waals surface area contributed by atoms with E-state index in [1.165, 1.54) is 19.3 Å². The lowest BCUT2D eigenvalue weighted by molar-refractivity contribution is -0.154. The third-order valence-corrected chi connectivity index (χ3v) is 4.66. The van der Waals surface area contributed by atoms with Gasteiger partial charge in [0.15, 0.2) is 0 Å². The molecule has 0 radical (unpaired) electrons. The number of halogens is 1. The highest BCUT2D eigenvalue weighted by atomic mass is 127. The van der Waals surface area contributed by atoms with Crippen molar-refractivity contribution in [3.8, 4) is 0 Å². The van der Waals surface area contributed by atoms with Crippen LogP contribution >= 0.6 is 22.6 Å². The number of rotatable bonds is 5. The number of carboxylic acids is 1. The number of esters is 1. The Morgan fingerprint density at radius 1 is 1.35 bits per heavy atom. The minimum Gasteiger partial charge on any atom is -0.481 e. The van der Waals surface area contributed by atoms with Crippen molar-refractivity contribution in [1.82, 2.24) is 0 Å². The number of hydrogen-bond acceptors (Lipinski definition) is 3. The van der Waals surface area contributed by atoms with Gasteiger partial charge in [0.1, 0.15) is 6.10 Å². The number of alkyl halides is 1. The van der Waals surface area contributed by atoms with Gasteiger partial charge in [0, 0.05) is 0 Å². The Kier molecular flexibility index (Phi) is 4.27. The monoisotopic (exact) mass is 352 g/mol. The average Bonchev–Trinajstić information content (AvgIpc) is 2.88. The first kappa shape index (κ1) is 13.1. The molecular formula is C12H17IO4. The van der Waals surface area contributed by atoms with E-state index in [4.69, 9.17) is 9.84 Å². The van der Waals surface area contributed by atoms with Gasteiger partial charge in [-0.1, -0.05) is 29.0 Å². The quantitative estimate of drug-likeness (QED) is 0.468. The fraction of sp³-hybridized carbons (Fsp3) is 0.833. The lowest BCUT2D eigenvalue weighted by atomic mass is 9.83. The van der Waals surface area contributed by atoms with Crippen molar-refractivity contribution in [2.45, 2.75) is 38.2 Å². The Hall–Kier alpha value is -0.330. The van der Waals surface area contributed by atoms with E-state index >= 15 is 0 Å². The molecule has 4 atom stereocenters. The predicted octanol–water partition coefficient (Wildman–Crippen LogP) is 2.24. The second kappa shape index (κ2) is 5.54. The molecule has 96 valence electrons. The van der Waals surface area contributed by atoms with Crippen molar-refractivity contribution in [1.29, 1.82) is 0 Å². The number of carbonyl (C=O) groups is 2. The van der Waals surface area contributed by atoms with Crippen molar-refractivity contribution in [2.24, 2.45) is 17.8 Å². The fourth-order valence-corrected chi connectivity index (χ4v) is 3.58. The number of carboxylic acid groups (broad SMARTS) is 1. The van der Waals surface area contributed by atoms with Crippen LogP contribution in [0.15, 0.2) is 0 Å². The highest BCUT2D eigenvalue weighted by molar-refractivity contribution is 14.1. The highest BCUT2D eigenvalue weighted by Crippen LogP contribution is 2.50. The average molecular weight is 352 g/mol. The minimum atomic E-state index is -0.876. The predicted molar refractivity (Wildman–Crippen MR) is 70.0 cm³/mol. The molecule has 0 spiro atoms. The molecule has 0 saturated heterocycles. The molecule has 4 nitrogen and oxygen atoms in total. The molecule has 5 heteroatoms. The number of ether oxygens (including phenoxy) is 1. The number of carbonyl (C=O) groups excluding carboxylic acids is 1. The summed E-state index contributed by atoms with van der Waals surface area (Å²) >= 11 is 1.95. The van der Waals surface area contributed by atoms with Gasteiger partial charge in [-0.05, 0) is 37.0 Å². The maximum atomic E-state index is 11.3. The van der Waals surface area contributed by atoms with Crippen LogP contribution in [0.2, 0.25) is 0 Å². The molecule has 0 aromatic rings. The Balaban J connectivity index is 1.99. The van der Waals surface area contributed by atoms with E-state index in [2.05, 4.69) is 0 Å². The molecule has 2 rings (SSSR count).